The second-order valence-corrected chi connectivity index (χ2v) is 12.3. The van der Waals surface area contributed by atoms with Crippen molar-refractivity contribution in [2.45, 2.75) is 37.1 Å². The van der Waals surface area contributed by atoms with E-state index in [-0.39, 0.29) is 15.5 Å². The van der Waals surface area contributed by atoms with Gasteiger partial charge in [0.25, 0.3) is 20.0 Å². The lowest BCUT2D eigenvalue weighted by molar-refractivity contribution is -0.143. The minimum Gasteiger partial charge on any atom is -0.426 e. The number of carbonyl (C=O) groups excluding carboxylic acids is 1. The van der Waals surface area contributed by atoms with E-state index >= 15 is 0 Å². The van der Waals surface area contributed by atoms with E-state index in [1.807, 2.05) is 0 Å². The lowest BCUT2D eigenvalue weighted by Gasteiger charge is -2.22. The molecular formula is C24H25NO6S2. The zero-order chi connectivity index (χ0) is 24.3. The smallest absolute Gasteiger partial charge is 0.316 e. The monoisotopic (exact) mass is 487 g/mol. The minimum atomic E-state index is -4.39. The number of hydrogen-bond acceptors (Lipinski definition) is 6. The van der Waals surface area contributed by atoms with Gasteiger partial charge in [0.05, 0.1) is 21.8 Å². The summed E-state index contributed by atoms with van der Waals surface area (Å²) >= 11 is 0. The maximum absolute atomic E-state index is 13.4. The van der Waals surface area contributed by atoms with Crippen molar-refractivity contribution >= 4 is 26.0 Å². The second kappa shape index (κ2) is 9.46. The maximum atomic E-state index is 13.4. The fourth-order valence-electron chi connectivity index (χ4n) is 2.79. The Morgan fingerprint density at radius 1 is 0.727 bits per heavy atom. The van der Waals surface area contributed by atoms with Crippen molar-refractivity contribution in [1.82, 2.24) is 3.71 Å². The van der Waals surface area contributed by atoms with E-state index in [0.717, 1.165) is 0 Å². The molecule has 0 aliphatic heterocycles. The molecule has 0 aliphatic rings. The van der Waals surface area contributed by atoms with Crippen molar-refractivity contribution in [3.63, 3.8) is 0 Å². The first-order chi connectivity index (χ1) is 15.4. The Balaban J connectivity index is 1.99. The standard InChI is InChI=1S/C24H25NO6S2/c1-24(2,3)23(26)31-20-16-14-19(15-17-20)18-25(32(27,28)21-10-6-4-7-11-21)33(29,30)22-12-8-5-9-13-22/h4-17H,18H2,1-3H3. The molecule has 3 aromatic rings. The molecule has 0 aromatic heterocycles. The van der Waals surface area contributed by atoms with Crippen LogP contribution in [0.5, 0.6) is 5.75 Å². The summed E-state index contributed by atoms with van der Waals surface area (Å²) in [6.45, 7) is 4.75. The molecule has 3 rings (SSSR count). The number of esters is 1. The fourth-order valence-corrected chi connectivity index (χ4v) is 6.45. The average Bonchev–Trinajstić information content (AvgIpc) is 2.79. The predicted octanol–water partition coefficient (Wildman–Crippen LogP) is 4.22. The molecule has 0 bridgehead atoms. The molecule has 7 nitrogen and oxygen atoms in total. The molecule has 0 spiro atoms. The van der Waals surface area contributed by atoms with Gasteiger partial charge in [0.2, 0.25) is 0 Å². The highest BCUT2D eigenvalue weighted by atomic mass is 32.3. The first kappa shape index (κ1) is 24.6. The molecule has 174 valence electrons. The van der Waals surface area contributed by atoms with Gasteiger partial charge in [-0.05, 0) is 62.7 Å². The van der Waals surface area contributed by atoms with Crippen molar-refractivity contribution in [3.8, 4) is 5.75 Å². The number of ether oxygens (including phenoxy) is 1. The third kappa shape index (κ3) is 5.68. The van der Waals surface area contributed by atoms with Crippen molar-refractivity contribution in [1.29, 1.82) is 0 Å². The second-order valence-electron chi connectivity index (χ2n) is 8.35. The lowest BCUT2D eigenvalue weighted by Crippen LogP contribution is -2.36. The third-order valence-corrected chi connectivity index (χ3v) is 8.92. The molecule has 9 heteroatoms. The Morgan fingerprint density at radius 3 is 1.55 bits per heavy atom. The summed E-state index contributed by atoms with van der Waals surface area (Å²) in [5.41, 5.74) is -0.284. The van der Waals surface area contributed by atoms with Crippen LogP contribution in [0.2, 0.25) is 0 Å². The SMILES string of the molecule is CC(C)(C)C(=O)Oc1ccc(CN(S(=O)(=O)c2ccccc2)S(=O)(=O)c2ccccc2)cc1. The number of hydrogen-bond donors (Lipinski definition) is 0. The lowest BCUT2D eigenvalue weighted by atomic mass is 9.97. The highest BCUT2D eigenvalue weighted by molar-refractivity contribution is 8.04. The van der Waals surface area contributed by atoms with Crippen molar-refractivity contribution in [2.24, 2.45) is 5.41 Å². The molecule has 0 heterocycles. The van der Waals surface area contributed by atoms with Gasteiger partial charge in [-0.1, -0.05) is 52.2 Å². The van der Waals surface area contributed by atoms with Crippen LogP contribution in [0.3, 0.4) is 0 Å². The van der Waals surface area contributed by atoms with Crippen LogP contribution in [0.4, 0.5) is 0 Å². The zero-order valence-electron chi connectivity index (χ0n) is 18.5. The van der Waals surface area contributed by atoms with Crippen LogP contribution in [0.1, 0.15) is 26.3 Å². The number of rotatable bonds is 7. The molecular weight excluding hydrogens is 462 g/mol. The van der Waals surface area contributed by atoms with Gasteiger partial charge in [0.1, 0.15) is 5.75 Å². The molecule has 0 unspecified atom stereocenters. The number of nitrogens with zero attached hydrogens (tertiary/aromatic N) is 1. The van der Waals surface area contributed by atoms with Gasteiger partial charge in [-0.2, -0.15) is 0 Å². The molecule has 0 saturated carbocycles. The molecule has 33 heavy (non-hydrogen) atoms. The molecule has 0 fully saturated rings. The molecule has 0 saturated heterocycles. The maximum Gasteiger partial charge on any atom is 0.316 e. The van der Waals surface area contributed by atoms with E-state index in [9.17, 15) is 21.6 Å². The van der Waals surface area contributed by atoms with Gasteiger partial charge in [0.15, 0.2) is 0 Å². The Labute approximate surface area is 194 Å². The molecule has 0 amide bonds. The molecule has 0 atom stereocenters. The quantitative estimate of drug-likeness (QED) is 0.366. The van der Waals surface area contributed by atoms with Crippen LogP contribution < -0.4 is 4.74 Å². The first-order valence-electron chi connectivity index (χ1n) is 10.1. The highest BCUT2D eigenvalue weighted by Gasteiger charge is 2.36. The summed E-state index contributed by atoms with van der Waals surface area (Å²) in [6, 6.07) is 20.8. The molecule has 3 aromatic carbocycles. The molecule has 0 N–H and O–H groups in total. The average molecular weight is 488 g/mol. The predicted molar refractivity (Wildman–Crippen MR) is 124 cm³/mol. The molecule has 0 radical (unpaired) electrons. The number of sulfonamides is 2. The van der Waals surface area contributed by atoms with E-state index in [1.54, 1.807) is 32.9 Å². The summed E-state index contributed by atoms with van der Waals surface area (Å²) in [5, 5.41) is 0. The van der Waals surface area contributed by atoms with E-state index in [2.05, 4.69) is 0 Å². The first-order valence-corrected chi connectivity index (χ1v) is 13.0. The van der Waals surface area contributed by atoms with Crippen LogP contribution in [0.15, 0.2) is 94.7 Å². The Bertz CT molecular complexity index is 1240. The van der Waals surface area contributed by atoms with E-state index < -0.39 is 38.0 Å². The van der Waals surface area contributed by atoms with Gasteiger partial charge in [-0.25, -0.2) is 16.8 Å². The summed E-state index contributed by atoms with van der Waals surface area (Å²) in [5.74, 6) is -0.141. The summed E-state index contributed by atoms with van der Waals surface area (Å²) in [7, 11) is -8.79. The summed E-state index contributed by atoms with van der Waals surface area (Å²) < 4.78 is 59.2. The van der Waals surface area contributed by atoms with E-state index in [0.29, 0.717) is 9.27 Å². The van der Waals surface area contributed by atoms with Crippen molar-refractivity contribution < 1.29 is 26.4 Å². The van der Waals surface area contributed by atoms with Crippen LogP contribution in [0.25, 0.3) is 0 Å². The molecule has 0 aliphatic carbocycles. The number of carbonyl (C=O) groups is 1. The van der Waals surface area contributed by atoms with Crippen LogP contribution in [-0.2, 0) is 31.4 Å². The normalized spacial score (nSPS) is 12.5. The Kier molecular flexibility index (Phi) is 7.06. The summed E-state index contributed by atoms with van der Waals surface area (Å²) in [6.07, 6.45) is 0. The van der Waals surface area contributed by atoms with Gasteiger partial charge in [-0.15, -0.1) is 0 Å². The topological polar surface area (TPSA) is 97.8 Å². The van der Waals surface area contributed by atoms with Crippen molar-refractivity contribution in [2.75, 3.05) is 0 Å². The zero-order valence-corrected chi connectivity index (χ0v) is 20.1. The minimum absolute atomic E-state index is 0.139. The Morgan fingerprint density at radius 2 is 1.15 bits per heavy atom. The van der Waals surface area contributed by atoms with Gasteiger partial charge in [-0.3, -0.25) is 4.79 Å². The number of benzene rings is 3. The van der Waals surface area contributed by atoms with Gasteiger partial charge >= 0.3 is 5.97 Å². The van der Waals surface area contributed by atoms with Crippen LogP contribution >= 0.6 is 0 Å². The van der Waals surface area contributed by atoms with Crippen molar-refractivity contribution in [3.05, 3.63) is 90.5 Å². The van der Waals surface area contributed by atoms with Crippen LogP contribution in [0, 0.1) is 5.41 Å². The van der Waals surface area contributed by atoms with E-state index in [4.69, 9.17) is 4.74 Å². The van der Waals surface area contributed by atoms with Gasteiger partial charge < -0.3 is 4.74 Å². The van der Waals surface area contributed by atoms with Gasteiger partial charge in [0, 0.05) is 0 Å². The fraction of sp³-hybridized carbons (Fsp3) is 0.208. The summed E-state index contributed by atoms with van der Waals surface area (Å²) in [4.78, 5) is 11.8. The van der Waals surface area contributed by atoms with Crippen LogP contribution in [-0.4, -0.2) is 26.5 Å². The highest BCUT2D eigenvalue weighted by Crippen LogP contribution is 2.27. The Hall–Kier alpha value is -3.01. The largest absolute Gasteiger partial charge is 0.426 e. The third-order valence-electron chi connectivity index (χ3n) is 4.68. The van der Waals surface area contributed by atoms with E-state index in [1.165, 1.54) is 72.8 Å².